The first-order chi connectivity index (χ1) is 19.5. The minimum atomic E-state index is -0.403. The van der Waals surface area contributed by atoms with Gasteiger partial charge in [-0.05, 0) is 29.8 Å². The predicted octanol–water partition coefficient (Wildman–Crippen LogP) is 2.26. The van der Waals surface area contributed by atoms with Crippen LogP contribution in [0.1, 0.15) is 5.56 Å². The van der Waals surface area contributed by atoms with Gasteiger partial charge < -0.3 is 35.6 Å². The maximum absolute atomic E-state index is 13.3. The van der Waals surface area contributed by atoms with Gasteiger partial charge in [0, 0.05) is 63.6 Å². The van der Waals surface area contributed by atoms with E-state index < -0.39 is 4.92 Å². The molecule has 3 aromatic rings. The van der Waals surface area contributed by atoms with Gasteiger partial charge in [-0.2, -0.15) is 15.0 Å². The number of benzene rings is 2. The van der Waals surface area contributed by atoms with Gasteiger partial charge in [0.15, 0.2) is 0 Å². The van der Waals surface area contributed by atoms with Crippen molar-refractivity contribution in [3.63, 3.8) is 0 Å². The van der Waals surface area contributed by atoms with Crippen LogP contribution in [0.5, 0.6) is 0 Å². The lowest BCUT2D eigenvalue weighted by molar-refractivity contribution is -0.384. The Bertz CT molecular complexity index is 1210. The summed E-state index contributed by atoms with van der Waals surface area (Å²) in [6, 6.07) is 12.8. The van der Waals surface area contributed by atoms with Crippen LogP contribution in [0.3, 0.4) is 0 Å². The summed E-state index contributed by atoms with van der Waals surface area (Å²) >= 11 is 0. The Balaban J connectivity index is 1.37. The first-order valence-corrected chi connectivity index (χ1v) is 13.1. The summed E-state index contributed by atoms with van der Waals surface area (Å²) in [4.78, 5) is 28.6. The van der Waals surface area contributed by atoms with Gasteiger partial charge in [0.2, 0.25) is 17.8 Å². The molecule has 1 fully saturated rings. The van der Waals surface area contributed by atoms with E-state index in [0.29, 0.717) is 90.1 Å². The monoisotopic (exact) mass is 555 g/mol. The maximum Gasteiger partial charge on any atom is 0.269 e. The zero-order valence-corrected chi connectivity index (χ0v) is 22.2. The first-order valence-electron chi connectivity index (χ1n) is 13.1. The van der Waals surface area contributed by atoms with E-state index in [4.69, 9.17) is 15.2 Å². The number of anilines is 4. The van der Waals surface area contributed by atoms with E-state index >= 15 is 0 Å². The summed E-state index contributed by atoms with van der Waals surface area (Å²) in [6.45, 7) is 6.00. The van der Waals surface area contributed by atoms with Crippen LogP contribution in [0, 0.1) is 15.9 Å². The largest absolute Gasteiger partial charge is 0.378 e. The smallest absolute Gasteiger partial charge is 0.269 e. The third kappa shape index (κ3) is 8.69. The number of nitrogens with two attached hydrogens (primary N) is 1. The van der Waals surface area contributed by atoms with Crippen LogP contribution in [0.25, 0.3) is 0 Å². The van der Waals surface area contributed by atoms with E-state index in [1.165, 1.54) is 24.3 Å². The molecule has 4 N–H and O–H groups in total. The number of halogens is 1. The minimum Gasteiger partial charge on any atom is -0.378 e. The zero-order chi connectivity index (χ0) is 28.2. The minimum absolute atomic E-state index is 0.0681. The number of non-ortho nitro benzene ring substituents is 1. The lowest BCUT2D eigenvalue weighted by atomic mass is 10.2. The molecule has 1 saturated heterocycles. The molecule has 1 aliphatic heterocycles. The molecule has 214 valence electrons. The number of hydrogen-bond acceptors (Lipinski definition) is 12. The second-order valence-electron chi connectivity index (χ2n) is 8.95. The zero-order valence-electron chi connectivity index (χ0n) is 22.2. The molecule has 2 heterocycles. The number of nitro benzene ring substituents is 1. The summed E-state index contributed by atoms with van der Waals surface area (Å²) in [6.07, 6.45) is 0. The van der Waals surface area contributed by atoms with E-state index in [9.17, 15) is 14.5 Å². The molecule has 0 unspecified atom stereocenters. The average molecular weight is 556 g/mol. The number of nitrogens with zero attached hydrogens (tertiary/aromatic N) is 6. The van der Waals surface area contributed by atoms with Gasteiger partial charge in [-0.1, -0.05) is 12.1 Å². The molecule has 2 aromatic carbocycles. The van der Waals surface area contributed by atoms with E-state index in [1.807, 2.05) is 0 Å². The standard InChI is InChI=1S/C26H34FN9O4/c27-21-3-1-20(2-4-21)19-30-25-31-24(29-10-16-40-18-17-39-15-9-28)32-26(33-25)35-13-11-34(12-14-35)22-5-7-23(8-6-22)36(37)38/h1-8H,9-19,28H2,(H2,29,30,31,32,33). The Hall–Kier alpha value is -4.14. The van der Waals surface area contributed by atoms with E-state index in [-0.39, 0.29) is 11.5 Å². The van der Waals surface area contributed by atoms with Crippen molar-refractivity contribution in [1.29, 1.82) is 0 Å². The summed E-state index contributed by atoms with van der Waals surface area (Å²) in [5.74, 6) is 1.04. The highest BCUT2D eigenvalue weighted by Crippen LogP contribution is 2.22. The second-order valence-corrected chi connectivity index (χ2v) is 8.95. The van der Waals surface area contributed by atoms with E-state index in [0.717, 1.165) is 11.3 Å². The summed E-state index contributed by atoms with van der Waals surface area (Å²) in [7, 11) is 0. The van der Waals surface area contributed by atoms with Crippen LogP contribution >= 0.6 is 0 Å². The molecule has 1 aromatic heterocycles. The Morgan fingerprint density at radius 3 is 2.12 bits per heavy atom. The van der Waals surface area contributed by atoms with Crippen molar-refractivity contribution < 1.29 is 18.8 Å². The van der Waals surface area contributed by atoms with Crippen LogP contribution < -0.4 is 26.2 Å². The Morgan fingerprint density at radius 1 is 0.850 bits per heavy atom. The highest BCUT2D eigenvalue weighted by Gasteiger charge is 2.21. The average Bonchev–Trinajstić information content (AvgIpc) is 2.98. The molecule has 13 nitrogen and oxygen atoms in total. The Morgan fingerprint density at radius 2 is 1.48 bits per heavy atom. The van der Waals surface area contributed by atoms with Gasteiger partial charge in [0.05, 0.1) is 31.4 Å². The first kappa shape index (κ1) is 28.9. The van der Waals surface area contributed by atoms with Gasteiger partial charge in [0.25, 0.3) is 5.69 Å². The predicted molar refractivity (Wildman–Crippen MR) is 150 cm³/mol. The Kier molecular flexibility index (Phi) is 10.7. The molecule has 0 spiro atoms. The van der Waals surface area contributed by atoms with Crippen molar-refractivity contribution in [2.24, 2.45) is 5.73 Å². The quantitative estimate of drug-likeness (QED) is 0.143. The van der Waals surface area contributed by atoms with Crippen molar-refractivity contribution in [3.05, 3.63) is 70.0 Å². The van der Waals surface area contributed by atoms with Crippen LogP contribution in [0.4, 0.5) is 33.6 Å². The summed E-state index contributed by atoms with van der Waals surface area (Å²) in [5.41, 5.74) is 7.29. The lowest BCUT2D eigenvalue weighted by Crippen LogP contribution is -2.47. The fourth-order valence-corrected chi connectivity index (χ4v) is 4.04. The van der Waals surface area contributed by atoms with Crippen LogP contribution in [-0.4, -0.2) is 85.6 Å². The molecule has 0 atom stereocenters. The highest BCUT2D eigenvalue weighted by atomic mass is 19.1. The topological polar surface area (TPSA) is 157 Å². The van der Waals surface area contributed by atoms with Crippen molar-refractivity contribution >= 4 is 29.2 Å². The molecule has 14 heteroatoms. The highest BCUT2D eigenvalue weighted by molar-refractivity contribution is 5.53. The third-order valence-electron chi connectivity index (χ3n) is 6.14. The summed E-state index contributed by atoms with van der Waals surface area (Å²) in [5, 5.41) is 17.4. The molecule has 0 saturated carbocycles. The molecular formula is C26H34FN9O4. The van der Waals surface area contributed by atoms with Gasteiger partial charge in [-0.15, -0.1) is 0 Å². The maximum atomic E-state index is 13.3. The van der Waals surface area contributed by atoms with Gasteiger partial charge in [-0.3, -0.25) is 10.1 Å². The number of ether oxygens (including phenoxy) is 2. The van der Waals surface area contributed by atoms with Crippen molar-refractivity contribution in [2.45, 2.75) is 6.54 Å². The Labute approximate surface area is 231 Å². The summed E-state index contributed by atoms with van der Waals surface area (Å²) < 4.78 is 24.1. The molecule has 0 radical (unpaired) electrons. The molecule has 40 heavy (non-hydrogen) atoms. The van der Waals surface area contributed by atoms with Crippen LogP contribution in [-0.2, 0) is 16.0 Å². The molecule has 1 aliphatic rings. The molecule has 0 aliphatic carbocycles. The van der Waals surface area contributed by atoms with Crippen LogP contribution in [0.15, 0.2) is 48.5 Å². The molecule has 0 bridgehead atoms. The third-order valence-corrected chi connectivity index (χ3v) is 6.14. The molecule has 0 amide bonds. The van der Waals surface area contributed by atoms with Gasteiger partial charge in [0.1, 0.15) is 5.82 Å². The van der Waals surface area contributed by atoms with Crippen LogP contribution in [0.2, 0.25) is 0 Å². The fraction of sp³-hybridized carbons (Fsp3) is 0.423. The normalized spacial score (nSPS) is 13.3. The van der Waals surface area contributed by atoms with Gasteiger partial charge in [-0.25, -0.2) is 4.39 Å². The van der Waals surface area contributed by atoms with Gasteiger partial charge >= 0.3 is 0 Å². The fourth-order valence-electron chi connectivity index (χ4n) is 4.04. The number of nitrogens with one attached hydrogen (secondary N) is 2. The lowest BCUT2D eigenvalue weighted by Gasteiger charge is -2.36. The SMILES string of the molecule is NCCOCCOCCNc1nc(NCc2ccc(F)cc2)nc(N2CCN(c3ccc([N+](=O)[O-])cc3)CC2)n1. The number of aromatic nitrogens is 3. The van der Waals surface area contributed by atoms with E-state index in [2.05, 4.69) is 35.4 Å². The van der Waals surface area contributed by atoms with Crippen molar-refractivity contribution in [2.75, 3.05) is 86.1 Å². The molecule has 4 rings (SSSR count). The van der Waals surface area contributed by atoms with Crippen molar-refractivity contribution in [3.8, 4) is 0 Å². The van der Waals surface area contributed by atoms with Crippen molar-refractivity contribution in [1.82, 2.24) is 15.0 Å². The number of piperazine rings is 1. The molecular weight excluding hydrogens is 521 g/mol. The number of nitro groups is 1. The number of hydrogen-bond donors (Lipinski definition) is 3. The number of rotatable bonds is 15. The van der Waals surface area contributed by atoms with E-state index in [1.54, 1.807) is 24.3 Å². The second kappa shape index (κ2) is 14.9.